The smallest absolute Gasteiger partial charge is 0.276 e. The molecule has 0 saturated carbocycles. The number of aromatic nitrogens is 5. The molecule has 4 aromatic heterocycles. The van der Waals surface area contributed by atoms with Gasteiger partial charge in [-0.1, -0.05) is 5.16 Å². The van der Waals surface area contributed by atoms with Crippen molar-refractivity contribution in [1.29, 1.82) is 0 Å². The van der Waals surface area contributed by atoms with Crippen molar-refractivity contribution >= 4 is 11.7 Å². The molecular formula is C19H17N7O3. The van der Waals surface area contributed by atoms with Gasteiger partial charge in [0.1, 0.15) is 12.1 Å². The summed E-state index contributed by atoms with van der Waals surface area (Å²) in [5, 5.41) is 8.09. The molecule has 0 atom stereocenters. The average Bonchev–Trinajstić information content (AvgIpc) is 3.55. The van der Waals surface area contributed by atoms with Gasteiger partial charge in [0.25, 0.3) is 5.91 Å². The van der Waals surface area contributed by atoms with Crippen LogP contribution in [0.5, 0.6) is 0 Å². The highest BCUT2D eigenvalue weighted by molar-refractivity contribution is 5.93. The third-order valence-electron chi connectivity index (χ3n) is 4.76. The lowest BCUT2D eigenvalue weighted by Gasteiger charge is -2.35. The number of anilines is 1. The molecule has 0 unspecified atom stereocenters. The van der Waals surface area contributed by atoms with Crippen LogP contribution >= 0.6 is 0 Å². The lowest BCUT2D eigenvalue weighted by Crippen LogP contribution is -2.49. The van der Waals surface area contributed by atoms with Crippen molar-refractivity contribution in [3.05, 3.63) is 61.0 Å². The van der Waals surface area contributed by atoms with E-state index in [4.69, 9.17) is 8.94 Å². The largest absolute Gasteiger partial charge is 0.461 e. The summed E-state index contributed by atoms with van der Waals surface area (Å²) in [6, 6.07) is 8.84. The van der Waals surface area contributed by atoms with Crippen LogP contribution < -0.4 is 4.90 Å². The summed E-state index contributed by atoms with van der Waals surface area (Å²) in [5.74, 6) is 2.32. The second kappa shape index (κ2) is 7.23. The Hall–Kier alpha value is -3.95. The van der Waals surface area contributed by atoms with Crippen molar-refractivity contribution in [3.63, 3.8) is 0 Å². The molecule has 1 fully saturated rings. The predicted molar refractivity (Wildman–Crippen MR) is 101 cm³/mol. The van der Waals surface area contributed by atoms with E-state index in [2.05, 4.69) is 25.1 Å². The molecule has 0 radical (unpaired) electrons. The van der Waals surface area contributed by atoms with Gasteiger partial charge in [-0.15, -0.1) is 0 Å². The monoisotopic (exact) mass is 391 g/mol. The molecule has 5 rings (SSSR count). The summed E-state index contributed by atoms with van der Waals surface area (Å²) in [6.07, 6.45) is 6.60. The molecule has 10 nitrogen and oxygen atoms in total. The summed E-state index contributed by atoms with van der Waals surface area (Å²) in [6.45, 7) is 2.43. The minimum absolute atomic E-state index is 0.161. The molecule has 146 valence electrons. The van der Waals surface area contributed by atoms with Crippen molar-refractivity contribution in [3.8, 4) is 17.3 Å². The van der Waals surface area contributed by atoms with Crippen LogP contribution in [0.4, 0.5) is 5.82 Å². The Morgan fingerprint density at radius 1 is 1.00 bits per heavy atom. The Balaban J connectivity index is 1.25. The van der Waals surface area contributed by atoms with Gasteiger partial charge in [0, 0.05) is 50.7 Å². The maximum Gasteiger partial charge on any atom is 0.276 e. The zero-order chi connectivity index (χ0) is 19.6. The van der Waals surface area contributed by atoms with E-state index in [1.54, 1.807) is 40.2 Å². The van der Waals surface area contributed by atoms with Crippen molar-refractivity contribution in [2.45, 2.75) is 0 Å². The van der Waals surface area contributed by atoms with Gasteiger partial charge in [-0.25, -0.2) is 14.6 Å². The summed E-state index contributed by atoms with van der Waals surface area (Å²) in [4.78, 5) is 25.3. The summed E-state index contributed by atoms with van der Waals surface area (Å²) in [5.41, 5.74) is 0.271. The van der Waals surface area contributed by atoms with E-state index in [1.165, 1.54) is 6.33 Å². The highest BCUT2D eigenvalue weighted by Crippen LogP contribution is 2.22. The second-order valence-electron chi connectivity index (χ2n) is 6.52. The number of nitrogens with zero attached hydrogens (tertiary/aromatic N) is 7. The molecule has 0 aromatic carbocycles. The Labute approximate surface area is 165 Å². The number of carbonyl (C=O) groups is 1. The molecule has 1 aliphatic heterocycles. The molecule has 0 spiro atoms. The van der Waals surface area contributed by atoms with Crippen LogP contribution in [0.15, 0.2) is 64.3 Å². The van der Waals surface area contributed by atoms with E-state index in [0.29, 0.717) is 43.5 Å². The van der Waals surface area contributed by atoms with Crippen molar-refractivity contribution in [1.82, 2.24) is 29.8 Å². The Bertz CT molecular complexity index is 1100. The van der Waals surface area contributed by atoms with E-state index in [-0.39, 0.29) is 11.6 Å². The first-order valence-electron chi connectivity index (χ1n) is 9.15. The molecule has 10 heteroatoms. The van der Waals surface area contributed by atoms with Gasteiger partial charge in [0.05, 0.1) is 6.26 Å². The second-order valence-corrected chi connectivity index (χ2v) is 6.52. The van der Waals surface area contributed by atoms with E-state index in [1.807, 2.05) is 18.3 Å². The molecule has 1 aliphatic rings. The zero-order valence-corrected chi connectivity index (χ0v) is 15.4. The molecule has 0 aliphatic carbocycles. The van der Waals surface area contributed by atoms with Gasteiger partial charge in [0.15, 0.2) is 17.3 Å². The van der Waals surface area contributed by atoms with Gasteiger partial charge in [-0.2, -0.15) is 5.10 Å². The lowest BCUT2D eigenvalue weighted by molar-refractivity contribution is 0.0736. The number of rotatable bonds is 4. The van der Waals surface area contributed by atoms with Crippen molar-refractivity contribution < 1.29 is 13.7 Å². The van der Waals surface area contributed by atoms with Crippen LogP contribution in [0.2, 0.25) is 0 Å². The first kappa shape index (κ1) is 17.2. The third-order valence-corrected chi connectivity index (χ3v) is 4.76. The fourth-order valence-corrected chi connectivity index (χ4v) is 3.25. The maximum absolute atomic E-state index is 12.8. The third kappa shape index (κ3) is 3.35. The number of hydrogen-bond acceptors (Lipinski definition) is 8. The number of carbonyl (C=O) groups excluding carboxylic acids is 1. The molecule has 1 saturated heterocycles. The standard InChI is InChI=1S/C19H17N7O3/c27-19(14-11-16(29-23-14)15-3-1-10-28-15)25-8-6-24(7-9-25)17-12-18(21-13-20-17)26-5-2-4-22-26/h1-5,10-13H,6-9H2. The summed E-state index contributed by atoms with van der Waals surface area (Å²) < 4.78 is 12.2. The first-order valence-corrected chi connectivity index (χ1v) is 9.15. The molecule has 1 amide bonds. The van der Waals surface area contributed by atoms with Gasteiger partial charge in [0.2, 0.25) is 5.76 Å². The maximum atomic E-state index is 12.8. The number of piperazine rings is 1. The number of hydrogen-bond donors (Lipinski definition) is 0. The van der Waals surface area contributed by atoms with Crippen LogP contribution in [0.3, 0.4) is 0 Å². The van der Waals surface area contributed by atoms with Crippen LogP contribution in [-0.2, 0) is 0 Å². The molecule has 5 heterocycles. The van der Waals surface area contributed by atoms with Crippen molar-refractivity contribution in [2.24, 2.45) is 0 Å². The van der Waals surface area contributed by atoms with Crippen LogP contribution in [0, 0.1) is 0 Å². The number of amides is 1. The SMILES string of the molecule is O=C(c1cc(-c2ccco2)on1)N1CCN(c2cc(-n3cccn3)ncn2)CC1. The molecule has 29 heavy (non-hydrogen) atoms. The van der Waals surface area contributed by atoms with Crippen LogP contribution in [0.25, 0.3) is 17.3 Å². The predicted octanol–water partition coefficient (Wildman–Crippen LogP) is 1.87. The van der Waals surface area contributed by atoms with Crippen LogP contribution in [0.1, 0.15) is 10.5 Å². The normalized spacial score (nSPS) is 14.3. The Kier molecular flexibility index (Phi) is 4.28. The van der Waals surface area contributed by atoms with Crippen LogP contribution in [-0.4, -0.2) is 61.9 Å². The Morgan fingerprint density at radius 3 is 2.62 bits per heavy atom. The zero-order valence-electron chi connectivity index (χ0n) is 15.4. The lowest BCUT2D eigenvalue weighted by atomic mass is 10.2. The highest BCUT2D eigenvalue weighted by atomic mass is 16.5. The first-order chi connectivity index (χ1) is 14.3. The fourth-order valence-electron chi connectivity index (χ4n) is 3.25. The van der Waals surface area contributed by atoms with E-state index < -0.39 is 0 Å². The molecular weight excluding hydrogens is 374 g/mol. The highest BCUT2D eigenvalue weighted by Gasteiger charge is 2.26. The van der Waals surface area contributed by atoms with E-state index >= 15 is 0 Å². The average molecular weight is 391 g/mol. The minimum atomic E-state index is -0.161. The van der Waals surface area contributed by atoms with Gasteiger partial charge < -0.3 is 18.7 Å². The quantitative estimate of drug-likeness (QED) is 0.519. The van der Waals surface area contributed by atoms with Gasteiger partial charge >= 0.3 is 0 Å². The summed E-state index contributed by atoms with van der Waals surface area (Å²) >= 11 is 0. The van der Waals surface area contributed by atoms with Gasteiger partial charge in [-0.3, -0.25) is 4.79 Å². The fraction of sp³-hybridized carbons (Fsp3) is 0.211. The number of furan rings is 1. The summed E-state index contributed by atoms with van der Waals surface area (Å²) in [7, 11) is 0. The van der Waals surface area contributed by atoms with Gasteiger partial charge in [-0.05, 0) is 18.2 Å². The van der Waals surface area contributed by atoms with E-state index in [0.717, 1.165) is 5.82 Å². The minimum Gasteiger partial charge on any atom is -0.461 e. The molecule has 0 N–H and O–H groups in total. The molecule has 0 bridgehead atoms. The van der Waals surface area contributed by atoms with Crippen molar-refractivity contribution in [2.75, 3.05) is 31.1 Å². The topological polar surface area (TPSA) is 106 Å². The molecule has 4 aromatic rings. The Morgan fingerprint density at radius 2 is 1.86 bits per heavy atom. The van der Waals surface area contributed by atoms with E-state index in [9.17, 15) is 4.79 Å².